The van der Waals surface area contributed by atoms with E-state index in [-0.39, 0.29) is 16.4 Å². The summed E-state index contributed by atoms with van der Waals surface area (Å²) in [6.45, 7) is 4.31. The SMILES string of the molecule is CC1(OCc2cccc(F)c2Cl)CCCNC1. The number of halogens is 2. The topological polar surface area (TPSA) is 21.3 Å². The fourth-order valence-corrected chi connectivity index (χ4v) is 2.24. The highest BCUT2D eigenvalue weighted by atomic mass is 35.5. The summed E-state index contributed by atoms with van der Waals surface area (Å²) < 4.78 is 19.1. The molecule has 0 aliphatic carbocycles. The third kappa shape index (κ3) is 3.18. The fourth-order valence-electron chi connectivity index (χ4n) is 2.06. The molecule has 1 aromatic carbocycles. The highest BCUT2D eigenvalue weighted by Crippen LogP contribution is 2.25. The molecule has 1 heterocycles. The zero-order chi connectivity index (χ0) is 12.3. The first kappa shape index (κ1) is 12.8. The maximum atomic E-state index is 13.2. The number of ether oxygens (including phenoxy) is 1. The van der Waals surface area contributed by atoms with Gasteiger partial charge in [0, 0.05) is 6.54 Å². The average Bonchev–Trinajstić information content (AvgIpc) is 2.32. The van der Waals surface area contributed by atoms with E-state index in [9.17, 15) is 4.39 Å². The highest BCUT2D eigenvalue weighted by molar-refractivity contribution is 6.31. The van der Waals surface area contributed by atoms with Crippen LogP contribution in [-0.4, -0.2) is 18.7 Å². The Morgan fingerprint density at radius 2 is 2.35 bits per heavy atom. The molecule has 1 unspecified atom stereocenters. The third-order valence-corrected chi connectivity index (χ3v) is 3.59. The summed E-state index contributed by atoms with van der Waals surface area (Å²) in [5, 5.41) is 3.47. The van der Waals surface area contributed by atoms with Gasteiger partial charge in [-0.3, -0.25) is 0 Å². The Morgan fingerprint density at radius 3 is 3.06 bits per heavy atom. The maximum Gasteiger partial charge on any atom is 0.142 e. The largest absolute Gasteiger partial charge is 0.369 e. The van der Waals surface area contributed by atoms with Crippen LogP contribution in [0.4, 0.5) is 4.39 Å². The van der Waals surface area contributed by atoms with Crippen molar-refractivity contribution in [3.8, 4) is 0 Å². The number of hydrogen-bond acceptors (Lipinski definition) is 2. The number of hydrogen-bond donors (Lipinski definition) is 1. The van der Waals surface area contributed by atoms with E-state index in [0.717, 1.165) is 25.9 Å². The quantitative estimate of drug-likeness (QED) is 0.898. The van der Waals surface area contributed by atoms with Gasteiger partial charge in [0.25, 0.3) is 0 Å². The van der Waals surface area contributed by atoms with E-state index in [0.29, 0.717) is 12.2 Å². The van der Waals surface area contributed by atoms with Gasteiger partial charge in [-0.2, -0.15) is 0 Å². The molecular formula is C13H17ClFNO. The molecule has 0 saturated carbocycles. The number of nitrogens with one attached hydrogen (secondary N) is 1. The van der Waals surface area contributed by atoms with Crippen LogP contribution in [0.2, 0.25) is 5.02 Å². The van der Waals surface area contributed by atoms with Gasteiger partial charge >= 0.3 is 0 Å². The van der Waals surface area contributed by atoms with Crippen LogP contribution in [0.1, 0.15) is 25.3 Å². The Balaban J connectivity index is 1.99. The van der Waals surface area contributed by atoms with E-state index >= 15 is 0 Å². The molecule has 2 rings (SSSR count). The lowest BCUT2D eigenvalue weighted by Gasteiger charge is -2.34. The first-order valence-corrected chi connectivity index (χ1v) is 6.26. The van der Waals surface area contributed by atoms with E-state index in [1.54, 1.807) is 12.1 Å². The molecule has 0 amide bonds. The van der Waals surface area contributed by atoms with Gasteiger partial charge in [0.05, 0.1) is 17.2 Å². The molecule has 17 heavy (non-hydrogen) atoms. The Kier molecular flexibility index (Phi) is 4.02. The van der Waals surface area contributed by atoms with Crippen LogP contribution >= 0.6 is 11.6 Å². The van der Waals surface area contributed by atoms with Crippen molar-refractivity contribution in [2.24, 2.45) is 0 Å². The molecule has 0 spiro atoms. The Bertz CT molecular complexity index is 391. The summed E-state index contributed by atoms with van der Waals surface area (Å²) >= 11 is 5.89. The predicted octanol–water partition coefficient (Wildman–Crippen LogP) is 3.14. The van der Waals surface area contributed by atoms with Crippen molar-refractivity contribution in [1.82, 2.24) is 5.32 Å². The Labute approximate surface area is 106 Å². The summed E-state index contributed by atoms with van der Waals surface area (Å²) in [7, 11) is 0. The molecule has 4 heteroatoms. The molecule has 0 radical (unpaired) electrons. The summed E-state index contributed by atoms with van der Waals surface area (Å²) in [4.78, 5) is 0. The minimum Gasteiger partial charge on any atom is -0.369 e. The standard InChI is InChI=1S/C13H17ClFNO/c1-13(6-3-7-16-9-13)17-8-10-4-2-5-11(15)12(10)14/h2,4-5,16H,3,6-9H2,1H3. The van der Waals surface area contributed by atoms with Crippen molar-refractivity contribution in [2.45, 2.75) is 32.0 Å². The van der Waals surface area contributed by atoms with Crippen molar-refractivity contribution in [1.29, 1.82) is 0 Å². The van der Waals surface area contributed by atoms with E-state index < -0.39 is 0 Å². The molecule has 1 saturated heterocycles. The minimum atomic E-state index is -0.389. The second-order valence-corrected chi connectivity index (χ2v) is 5.11. The van der Waals surface area contributed by atoms with Gasteiger partial charge in [0.15, 0.2) is 0 Å². The first-order chi connectivity index (χ1) is 8.11. The normalized spacial score (nSPS) is 24.9. The van der Waals surface area contributed by atoms with Crippen LogP contribution in [-0.2, 0) is 11.3 Å². The van der Waals surface area contributed by atoms with Crippen molar-refractivity contribution in [3.05, 3.63) is 34.6 Å². The summed E-state index contributed by atoms with van der Waals surface area (Å²) in [5.74, 6) is -0.389. The Hall–Kier alpha value is -0.640. The molecule has 94 valence electrons. The minimum absolute atomic E-state index is 0.167. The van der Waals surface area contributed by atoms with E-state index in [4.69, 9.17) is 16.3 Å². The van der Waals surface area contributed by atoms with Gasteiger partial charge in [-0.1, -0.05) is 23.7 Å². The van der Waals surface area contributed by atoms with Gasteiger partial charge < -0.3 is 10.1 Å². The van der Waals surface area contributed by atoms with Crippen LogP contribution in [0, 0.1) is 5.82 Å². The summed E-state index contributed by atoms with van der Waals surface area (Å²) in [6, 6.07) is 4.81. The number of piperidine rings is 1. The van der Waals surface area contributed by atoms with Crippen LogP contribution in [0.5, 0.6) is 0 Å². The fraction of sp³-hybridized carbons (Fsp3) is 0.538. The Morgan fingerprint density at radius 1 is 1.53 bits per heavy atom. The van der Waals surface area contributed by atoms with Crippen molar-refractivity contribution in [2.75, 3.05) is 13.1 Å². The lowest BCUT2D eigenvalue weighted by atomic mass is 9.96. The monoisotopic (exact) mass is 257 g/mol. The molecule has 1 fully saturated rings. The molecule has 0 aromatic heterocycles. The second-order valence-electron chi connectivity index (χ2n) is 4.73. The predicted molar refractivity (Wildman–Crippen MR) is 66.7 cm³/mol. The van der Waals surface area contributed by atoms with Crippen LogP contribution < -0.4 is 5.32 Å². The maximum absolute atomic E-state index is 13.2. The molecule has 2 nitrogen and oxygen atoms in total. The van der Waals surface area contributed by atoms with Crippen molar-refractivity contribution >= 4 is 11.6 Å². The highest BCUT2D eigenvalue weighted by Gasteiger charge is 2.27. The number of rotatable bonds is 3. The number of benzene rings is 1. The van der Waals surface area contributed by atoms with Gasteiger partial charge in [-0.05, 0) is 37.9 Å². The van der Waals surface area contributed by atoms with Gasteiger partial charge in [-0.25, -0.2) is 4.39 Å². The van der Waals surface area contributed by atoms with E-state index in [1.807, 2.05) is 0 Å². The molecule has 1 aromatic rings. The summed E-state index contributed by atoms with van der Waals surface area (Å²) in [5.41, 5.74) is 0.534. The second kappa shape index (κ2) is 5.34. The lowest BCUT2D eigenvalue weighted by Crippen LogP contribution is -2.45. The van der Waals surface area contributed by atoms with Gasteiger partial charge in [0.2, 0.25) is 0 Å². The van der Waals surface area contributed by atoms with Gasteiger partial charge in [0.1, 0.15) is 5.82 Å². The molecule has 1 aliphatic rings. The molecule has 0 bridgehead atoms. The molecular weight excluding hydrogens is 241 g/mol. The molecule has 1 aliphatic heterocycles. The summed E-state index contributed by atoms with van der Waals surface area (Å²) in [6.07, 6.45) is 2.13. The zero-order valence-electron chi connectivity index (χ0n) is 9.93. The smallest absolute Gasteiger partial charge is 0.142 e. The van der Waals surface area contributed by atoms with Crippen molar-refractivity contribution < 1.29 is 9.13 Å². The van der Waals surface area contributed by atoms with Crippen LogP contribution in [0.15, 0.2) is 18.2 Å². The first-order valence-electron chi connectivity index (χ1n) is 5.88. The van der Waals surface area contributed by atoms with E-state index in [1.165, 1.54) is 6.07 Å². The molecule has 1 atom stereocenters. The third-order valence-electron chi connectivity index (χ3n) is 3.17. The van der Waals surface area contributed by atoms with Crippen LogP contribution in [0.3, 0.4) is 0 Å². The van der Waals surface area contributed by atoms with Crippen molar-refractivity contribution in [3.63, 3.8) is 0 Å². The lowest BCUT2D eigenvalue weighted by molar-refractivity contribution is -0.0571. The van der Waals surface area contributed by atoms with Crippen LogP contribution in [0.25, 0.3) is 0 Å². The molecule has 1 N–H and O–H groups in total. The average molecular weight is 258 g/mol. The van der Waals surface area contributed by atoms with Gasteiger partial charge in [-0.15, -0.1) is 0 Å². The zero-order valence-corrected chi connectivity index (χ0v) is 10.7. The van der Waals surface area contributed by atoms with E-state index in [2.05, 4.69) is 12.2 Å².